The number of nitrogens with zero attached hydrogens (tertiary/aromatic N) is 1. The van der Waals surface area contributed by atoms with Crippen molar-refractivity contribution in [3.05, 3.63) is 23.0 Å². The molecule has 0 bridgehead atoms. The van der Waals surface area contributed by atoms with E-state index >= 15 is 0 Å². The number of halogens is 3. The van der Waals surface area contributed by atoms with E-state index < -0.39 is 6.43 Å². The van der Waals surface area contributed by atoms with Crippen molar-refractivity contribution in [1.29, 1.82) is 0 Å². The zero-order valence-corrected chi connectivity index (χ0v) is 7.68. The average molecular weight is 208 g/mol. The van der Waals surface area contributed by atoms with Crippen LogP contribution in [0.5, 0.6) is 5.75 Å². The van der Waals surface area contributed by atoms with E-state index in [0.29, 0.717) is 12.4 Å². The Morgan fingerprint density at radius 1 is 1.62 bits per heavy atom. The molecule has 1 aromatic heterocycles. The minimum Gasteiger partial charge on any atom is -0.492 e. The maximum Gasteiger partial charge on any atom is 0.266 e. The molecule has 0 radical (unpaired) electrons. The van der Waals surface area contributed by atoms with Crippen molar-refractivity contribution in [1.82, 2.24) is 4.98 Å². The topological polar surface area (TPSA) is 22.1 Å². The molecule has 0 atom stereocenters. The summed E-state index contributed by atoms with van der Waals surface area (Å²) < 4.78 is 29.5. The SMILES string of the molecule is CCOc1cnc(Cl)c(C(F)F)c1. The van der Waals surface area contributed by atoms with Gasteiger partial charge in [-0.05, 0) is 13.0 Å². The van der Waals surface area contributed by atoms with E-state index in [0.717, 1.165) is 0 Å². The molecule has 13 heavy (non-hydrogen) atoms. The van der Waals surface area contributed by atoms with Crippen molar-refractivity contribution in [3.8, 4) is 5.75 Å². The van der Waals surface area contributed by atoms with Crippen molar-refractivity contribution in [2.45, 2.75) is 13.3 Å². The van der Waals surface area contributed by atoms with Gasteiger partial charge in [0.1, 0.15) is 10.9 Å². The Labute approximate surface area is 79.5 Å². The van der Waals surface area contributed by atoms with Crippen LogP contribution in [0.3, 0.4) is 0 Å². The van der Waals surface area contributed by atoms with Gasteiger partial charge in [-0.25, -0.2) is 13.8 Å². The zero-order chi connectivity index (χ0) is 9.84. The molecule has 1 heterocycles. The first-order chi connectivity index (χ1) is 6.15. The largest absolute Gasteiger partial charge is 0.492 e. The summed E-state index contributed by atoms with van der Waals surface area (Å²) in [6.45, 7) is 2.17. The summed E-state index contributed by atoms with van der Waals surface area (Å²) in [5.41, 5.74) is -0.299. The van der Waals surface area contributed by atoms with Gasteiger partial charge in [0.25, 0.3) is 6.43 Å². The molecule has 0 saturated carbocycles. The summed E-state index contributed by atoms with van der Waals surface area (Å²) in [5, 5.41) is -0.182. The second-order valence-corrected chi connectivity index (χ2v) is 2.64. The van der Waals surface area contributed by atoms with Crippen molar-refractivity contribution < 1.29 is 13.5 Å². The lowest BCUT2D eigenvalue weighted by Gasteiger charge is -2.06. The molecule has 72 valence electrons. The van der Waals surface area contributed by atoms with Crippen LogP contribution < -0.4 is 4.74 Å². The zero-order valence-electron chi connectivity index (χ0n) is 6.93. The van der Waals surface area contributed by atoms with Crippen molar-refractivity contribution in [3.63, 3.8) is 0 Å². The Bertz CT molecular complexity index is 293. The third-order valence-corrected chi connectivity index (χ3v) is 1.70. The normalized spacial score (nSPS) is 10.5. The number of alkyl halides is 2. The molecule has 0 saturated heterocycles. The van der Waals surface area contributed by atoms with Crippen molar-refractivity contribution in [2.24, 2.45) is 0 Å². The lowest BCUT2D eigenvalue weighted by Crippen LogP contribution is -1.95. The molecule has 0 spiro atoms. The summed E-state index contributed by atoms with van der Waals surface area (Å²) in [4.78, 5) is 3.58. The van der Waals surface area contributed by atoms with Crippen molar-refractivity contribution >= 4 is 11.6 Å². The van der Waals surface area contributed by atoms with E-state index in [-0.39, 0.29) is 10.7 Å². The summed E-state index contributed by atoms with van der Waals surface area (Å²) >= 11 is 5.44. The number of pyridine rings is 1. The fourth-order valence-electron chi connectivity index (χ4n) is 0.844. The average Bonchev–Trinajstić information content (AvgIpc) is 2.08. The van der Waals surface area contributed by atoms with Gasteiger partial charge in [0.15, 0.2) is 0 Å². The van der Waals surface area contributed by atoms with Gasteiger partial charge >= 0.3 is 0 Å². The number of aromatic nitrogens is 1. The third-order valence-electron chi connectivity index (χ3n) is 1.39. The van der Waals surface area contributed by atoms with E-state index in [1.54, 1.807) is 6.92 Å². The van der Waals surface area contributed by atoms with Crippen LogP contribution in [-0.2, 0) is 0 Å². The first-order valence-electron chi connectivity index (χ1n) is 3.71. The monoisotopic (exact) mass is 207 g/mol. The van der Waals surface area contributed by atoms with Gasteiger partial charge in [-0.15, -0.1) is 0 Å². The molecule has 0 fully saturated rings. The Kier molecular flexibility index (Phi) is 3.42. The van der Waals surface area contributed by atoms with E-state index in [1.807, 2.05) is 0 Å². The maximum atomic E-state index is 12.3. The molecule has 0 N–H and O–H groups in total. The minimum absolute atomic E-state index is 0.182. The summed E-state index contributed by atoms with van der Waals surface area (Å²) in [6.07, 6.45) is -1.31. The lowest BCUT2D eigenvalue weighted by molar-refractivity contribution is 0.150. The first-order valence-corrected chi connectivity index (χ1v) is 4.09. The predicted molar refractivity (Wildman–Crippen MR) is 45.4 cm³/mol. The highest BCUT2D eigenvalue weighted by Gasteiger charge is 2.13. The maximum absolute atomic E-state index is 12.3. The van der Waals surface area contributed by atoms with Crippen LogP contribution in [0.2, 0.25) is 5.15 Å². The number of ether oxygens (including phenoxy) is 1. The molecular weight excluding hydrogens is 200 g/mol. The van der Waals surface area contributed by atoms with Crippen LogP contribution >= 0.6 is 11.6 Å². The van der Waals surface area contributed by atoms with Gasteiger partial charge in [-0.2, -0.15) is 0 Å². The second kappa shape index (κ2) is 4.37. The molecular formula is C8H8ClF2NO. The quantitative estimate of drug-likeness (QED) is 0.711. The van der Waals surface area contributed by atoms with Crippen LogP contribution in [0.4, 0.5) is 8.78 Å². The van der Waals surface area contributed by atoms with Crippen LogP contribution in [0.15, 0.2) is 12.3 Å². The number of rotatable bonds is 3. The van der Waals surface area contributed by atoms with Gasteiger partial charge in [0.2, 0.25) is 0 Å². The Morgan fingerprint density at radius 2 is 2.31 bits per heavy atom. The molecule has 0 unspecified atom stereocenters. The van der Waals surface area contributed by atoms with E-state index in [2.05, 4.69) is 4.98 Å². The summed E-state index contributed by atoms with van der Waals surface area (Å²) in [5.74, 6) is 0.308. The molecule has 0 aliphatic rings. The van der Waals surface area contributed by atoms with E-state index in [9.17, 15) is 8.78 Å². The first kappa shape index (κ1) is 10.2. The van der Waals surface area contributed by atoms with Crippen LogP contribution in [0.25, 0.3) is 0 Å². The molecule has 0 aliphatic heterocycles. The van der Waals surface area contributed by atoms with Crippen molar-refractivity contribution in [2.75, 3.05) is 6.61 Å². The molecule has 1 aromatic rings. The lowest BCUT2D eigenvalue weighted by atomic mass is 10.3. The van der Waals surface area contributed by atoms with E-state index in [1.165, 1.54) is 12.3 Å². The Hall–Kier alpha value is -0.900. The summed E-state index contributed by atoms with van der Waals surface area (Å²) in [7, 11) is 0. The molecule has 5 heteroatoms. The molecule has 2 nitrogen and oxygen atoms in total. The fraction of sp³-hybridized carbons (Fsp3) is 0.375. The van der Waals surface area contributed by atoms with E-state index in [4.69, 9.17) is 16.3 Å². The Balaban J connectivity index is 2.97. The molecule has 0 amide bonds. The highest BCUT2D eigenvalue weighted by Crippen LogP contribution is 2.28. The standard InChI is InChI=1S/C8H8ClF2NO/c1-2-13-5-3-6(8(10)11)7(9)12-4-5/h3-4,8H,2H2,1H3. The Morgan fingerprint density at radius 3 is 2.85 bits per heavy atom. The highest BCUT2D eigenvalue weighted by atomic mass is 35.5. The van der Waals surface area contributed by atoms with Gasteiger partial charge in [0.05, 0.1) is 18.4 Å². The van der Waals surface area contributed by atoms with Gasteiger partial charge < -0.3 is 4.74 Å². The molecule has 0 aromatic carbocycles. The van der Waals surface area contributed by atoms with Crippen LogP contribution in [-0.4, -0.2) is 11.6 Å². The van der Waals surface area contributed by atoms with Crippen LogP contribution in [0.1, 0.15) is 18.9 Å². The van der Waals surface area contributed by atoms with Gasteiger partial charge in [-0.1, -0.05) is 11.6 Å². The molecule has 0 aliphatic carbocycles. The van der Waals surface area contributed by atoms with Crippen LogP contribution in [0, 0.1) is 0 Å². The number of hydrogen-bond acceptors (Lipinski definition) is 2. The second-order valence-electron chi connectivity index (χ2n) is 2.28. The summed E-state index contributed by atoms with van der Waals surface area (Å²) in [6, 6.07) is 1.20. The number of hydrogen-bond donors (Lipinski definition) is 0. The highest BCUT2D eigenvalue weighted by molar-refractivity contribution is 6.30. The fourth-order valence-corrected chi connectivity index (χ4v) is 1.03. The minimum atomic E-state index is -2.62. The smallest absolute Gasteiger partial charge is 0.266 e. The predicted octanol–water partition coefficient (Wildman–Crippen LogP) is 3.07. The third kappa shape index (κ3) is 2.52. The molecule has 1 rings (SSSR count). The van der Waals surface area contributed by atoms with Gasteiger partial charge in [-0.3, -0.25) is 0 Å². The van der Waals surface area contributed by atoms with Gasteiger partial charge in [0, 0.05) is 0 Å².